The second-order valence-electron chi connectivity index (χ2n) is 6.81. The number of hydrogen-bond acceptors (Lipinski definition) is 7. The Bertz CT molecular complexity index is 1120. The average molecular weight is 509 g/mol. The lowest BCUT2D eigenvalue weighted by atomic mass is 10.0. The van der Waals surface area contributed by atoms with E-state index < -0.39 is 36.3 Å². The molecule has 0 aliphatic heterocycles. The van der Waals surface area contributed by atoms with E-state index in [1.54, 1.807) is 18.2 Å². The number of nitrogens with two attached hydrogens (primary N) is 1. The summed E-state index contributed by atoms with van der Waals surface area (Å²) in [5, 5.41) is 5.27. The molecule has 0 aromatic heterocycles. The first-order valence-electron chi connectivity index (χ1n) is 9.80. The molecule has 0 aliphatic rings. The van der Waals surface area contributed by atoms with Gasteiger partial charge in [0.2, 0.25) is 5.91 Å². The number of rotatable bonds is 9. The lowest BCUT2D eigenvalue weighted by Crippen LogP contribution is -2.39. The van der Waals surface area contributed by atoms with Crippen LogP contribution in [0.4, 0.5) is 5.69 Å². The second kappa shape index (κ2) is 12.6. The molecule has 10 nitrogen and oxygen atoms in total. The second-order valence-corrected chi connectivity index (χ2v) is 7.65. The van der Waals surface area contributed by atoms with Gasteiger partial charge in [-0.25, -0.2) is 4.99 Å². The summed E-state index contributed by atoms with van der Waals surface area (Å²) in [5.74, 6) is -2.55. The minimum atomic E-state index is -1.02. The van der Waals surface area contributed by atoms with Gasteiger partial charge in [-0.15, -0.1) is 0 Å². The van der Waals surface area contributed by atoms with Crippen molar-refractivity contribution >= 4 is 59.0 Å². The summed E-state index contributed by atoms with van der Waals surface area (Å²) >= 11 is 12.3. The van der Waals surface area contributed by atoms with Crippen LogP contribution in [0.2, 0.25) is 10.0 Å². The van der Waals surface area contributed by atoms with Gasteiger partial charge < -0.3 is 25.8 Å². The lowest BCUT2D eigenvalue weighted by molar-refractivity contribution is -0.141. The molecule has 0 aliphatic carbocycles. The van der Waals surface area contributed by atoms with Gasteiger partial charge >= 0.3 is 11.9 Å². The molecule has 0 spiro atoms. The minimum absolute atomic E-state index is 0.00939. The van der Waals surface area contributed by atoms with Crippen molar-refractivity contribution < 1.29 is 28.7 Å². The van der Waals surface area contributed by atoms with Crippen LogP contribution in [-0.4, -0.2) is 43.7 Å². The number of benzene rings is 2. The number of esters is 2. The van der Waals surface area contributed by atoms with E-state index in [0.29, 0.717) is 5.69 Å². The number of aliphatic imine (C=N–C) groups is 1. The number of carbonyl (C=O) groups is 4. The van der Waals surface area contributed by atoms with Crippen molar-refractivity contribution in [1.82, 2.24) is 10.6 Å². The Morgan fingerprint density at radius 1 is 1.18 bits per heavy atom. The van der Waals surface area contributed by atoms with Crippen molar-refractivity contribution in [2.24, 2.45) is 10.7 Å². The fourth-order valence-corrected chi connectivity index (χ4v) is 3.45. The van der Waals surface area contributed by atoms with Gasteiger partial charge in [-0.1, -0.05) is 29.3 Å². The fourth-order valence-electron chi connectivity index (χ4n) is 2.90. The van der Waals surface area contributed by atoms with Crippen LogP contribution in [-0.2, 0) is 19.1 Å². The Balaban J connectivity index is 2.21. The number of hydrogen-bond donors (Lipinski definition) is 3. The van der Waals surface area contributed by atoms with Crippen molar-refractivity contribution in [1.29, 1.82) is 0 Å². The van der Waals surface area contributed by atoms with E-state index in [4.69, 9.17) is 38.4 Å². The summed E-state index contributed by atoms with van der Waals surface area (Å²) in [5.41, 5.74) is 6.17. The molecule has 2 amide bonds. The van der Waals surface area contributed by atoms with Gasteiger partial charge in [0, 0.05) is 23.1 Å². The SMILES string of the molecule is COC(=O)CC(NC(=O)CNC(=O)c1cccc(N=CN)c1)c1cc(Cl)cc(Cl)c1OC(C)=O. The predicted octanol–water partition coefficient (Wildman–Crippen LogP) is 2.69. The summed E-state index contributed by atoms with van der Waals surface area (Å²) in [7, 11) is 1.18. The van der Waals surface area contributed by atoms with E-state index in [1.807, 2.05) is 0 Å². The monoisotopic (exact) mass is 508 g/mol. The Morgan fingerprint density at radius 2 is 1.91 bits per heavy atom. The van der Waals surface area contributed by atoms with E-state index in [0.717, 1.165) is 6.34 Å². The molecule has 12 heteroatoms. The maximum absolute atomic E-state index is 12.6. The van der Waals surface area contributed by atoms with Gasteiger partial charge in [-0.2, -0.15) is 0 Å². The number of halogens is 2. The summed E-state index contributed by atoms with van der Waals surface area (Å²) in [4.78, 5) is 52.4. The third-order valence-electron chi connectivity index (χ3n) is 4.33. The quantitative estimate of drug-likeness (QED) is 0.204. The molecule has 2 aromatic carbocycles. The van der Waals surface area contributed by atoms with Crippen LogP contribution in [0.5, 0.6) is 5.75 Å². The number of nitrogens with one attached hydrogen (secondary N) is 2. The van der Waals surface area contributed by atoms with Crippen molar-refractivity contribution in [3.8, 4) is 5.75 Å². The number of carbonyl (C=O) groups excluding carboxylic acids is 4. The zero-order valence-electron chi connectivity index (χ0n) is 18.3. The van der Waals surface area contributed by atoms with Gasteiger partial charge in [-0.3, -0.25) is 19.2 Å². The predicted molar refractivity (Wildman–Crippen MR) is 126 cm³/mol. The Kier molecular flexibility index (Phi) is 9.84. The molecule has 2 rings (SSSR count). The molecule has 0 heterocycles. The summed E-state index contributed by atoms with van der Waals surface area (Å²) in [6, 6.07) is 8.04. The van der Waals surface area contributed by atoms with E-state index in [2.05, 4.69) is 15.6 Å². The summed E-state index contributed by atoms with van der Waals surface area (Å²) < 4.78 is 9.87. The first kappa shape index (κ1) is 26.6. The van der Waals surface area contributed by atoms with Gasteiger partial charge in [0.15, 0.2) is 5.75 Å². The van der Waals surface area contributed by atoms with E-state index in [1.165, 1.54) is 32.2 Å². The molecule has 34 heavy (non-hydrogen) atoms. The normalized spacial score (nSPS) is 11.5. The average Bonchev–Trinajstić information content (AvgIpc) is 2.78. The molecule has 0 bridgehead atoms. The summed E-state index contributed by atoms with van der Waals surface area (Å²) in [6.45, 7) is 0.754. The van der Waals surface area contributed by atoms with Gasteiger partial charge in [0.25, 0.3) is 5.91 Å². The number of methoxy groups -OCH3 is 1. The standard InChI is InChI=1S/C22H22Cl2N4O6/c1-12(29)34-21-16(7-14(23)8-17(21)24)18(9-20(31)33-2)28-19(30)10-26-22(32)13-4-3-5-15(6-13)27-11-25/h3-8,11,18H,9-10H2,1-2H3,(H2,25,27)(H,26,32)(H,28,30). The molecule has 4 N–H and O–H groups in total. The first-order valence-corrected chi connectivity index (χ1v) is 10.6. The topological polar surface area (TPSA) is 149 Å². The molecular formula is C22H22Cl2N4O6. The third-order valence-corrected chi connectivity index (χ3v) is 4.83. The first-order chi connectivity index (χ1) is 16.1. The van der Waals surface area contributed by atoms with Crippen molar-refractivity contribution in [3.63, 3.8) is 0 Å². The maximum atomic E-state index is 12.6. The van der Waals surface area contributed by atoms with E-state index >= 15 is 0 Å². The Labute approximate surface area is 205 Å². The largest absolute Gasteiger partial charge is 0.469 e. The van der Waals surface area contributed by atoms with Crippen molar-refractivity contribution in [2.45, 2.75) is 19.4 Å². The summed E-state index contributed by atoms with van der Waals surface area (Å²) in [6.07, 6.45) is 0.776. The number of ether oxygens (including phenoxy) is 2. The van der Waals surface area contributed by atoms with Crippen LogP contribution in [0.3, 0.4) is 0 Å². The van der Waals surface area contributed by atoms with Crippen molar-refractivity contribution in [2.75, 3.05) is 13.7 Å². The third kappa shape index (κ3) is 7.75. The van der Waals surface area contributed by atoms with Crippen LogP contribution in [0.25, 0.3) is 0 Å². The zero-order valence-corrected chi connectivity index (χ0v) is 19.8. The highest BCUT2D eigenvalue weighted by molar-refractivity contribution is 6.35. The van der Waals surface area contributed by atoms with Gasteiger partial charge in [-0.05, 0) is 30.3 Å². The number of nitrogens with zero attached hydrogens (tertiary/aromatic N) is 1. The van der Waals surface area contributed by atoms with E-state index in [-0.39, 0.29) is 33.3 Å². The highest BCUT2D eigenvalue weighted by Crippen LogP contribution is 2.37. The highest BCUT2D eigenvalue weighted by Gasteiger charge is 2.25. The van der Waals surface area contributed by atoms with Crippen LogP contribution in [0.1, 0.15) is 35.3 Å². The molecule has 0 radical (unpaired) electrons. The molecule has 0 saturated heterocycles. The molecule has 1 atom stereocenters. The molecule has 0 saturated carbocycles. The van der Waals surface area contributed by atoms with Crippen molar-refractivity contribution in [3.05, 3.63) is 57.6 Å². The smallest absolute Gasteiger partial charge is 0.308 e. The van der Waals surface area contributed by atoms with E-state index in [9.17, 15) is 19.2 Å². The molecular weight excluding hydrogens is 487 g/mol. The number of amides is 2. The molecule has 2 aromatic rings. The molecule has 0 fully saturated rings. The van der Waals surface area contributed by atoms with Crippen LogP contribution < -0.4 is 21.1 Å². The Hall–Kier alpha value is -3.63. The lowest BCUT2D eigenvalue weighted by Gasteiger charge is -2.22. The van der Waals surface area contributed by atoms with Crippen LogP contribution in [0, 0.1) is 0 Å². The van der Waals surface area contributed by atoms with Gasteiger partial charge in [0.05, 0.1) is 43.2 Å². The van der Waals surface area contributed by atoms with Crippen LogP contribution >= 0.6 is 23.2 Å². The highest BCUT2D eigenvalue weighted by atomic mass is 35.5. The minimum Gasteiger partial charge on any atom is -0.469 e. The van der Waals surface area contributed by atoms with Crippen LogP contribution in [0.15, 0.2) is 41.4 Å². The molecule has 1 unspecified atom stereocenters. The molecule has 180 valence electrons. The maximum Gasteiger partial charge on any atom is 0.308 e. The Morgan fingerprint density at radius 3 is 2.56 bits per heavy atom. The zero-order chi connectivity index (χ0) is 25.3. The fraction of sp³-hybridized carbons (Fsp3) is 0.227. The van der Waals surface area contributed by atoms with Gasteiger partial charge in [0.1, 0.15) is 0 Å².